The summed E-state index contributed by atoms with van der Waals surface area (Å²) in [4.78, 5) is 4.11. The Hall–Kier alpha value is -3.04. The predicted octanol–water partition coefficient (Wildman–Crippen LogP) is 4.56. The summed E-state index contributed by atoms with van der Waals surface area (Å²) in [6, 6.07) is 20.9. The summed E-state index contributed by atoms with van der Waals surface area (Å²) in [5.41, 5.74) is 1.62. The molecule has 1 saturated heterocycles. The first-order valence-electron chi connectivity index (χ1n) is 10.6. The van der Waals surface area contributed by atoms with Crippen LogP contribution in [0.5, 0.6) is 0 Å². The van der Waals surface area contributed by atoms with Gasteiger partial charge in [-0.25, -0.2) is 12.7 Å². The average molecular weight is 474 g/mol. The summed E-state index contributed by atoms with van der Waals surface area (Å²) in [7, 11) is -4.08. The van der Waals surface area contributed by atoms with E-state index in [4.69, 9.17) is 0 Å². The molecule has 2 heterocycles. The molecule has 3 aromatic rings. The number of benzene rings is 3. The Balaban J connectivity index is 1.49. The number of rotatable bonds is 4. The molecule has 0 N–H and O–H groups in total. The van der Waals surface area contributed by atoms with Gasteiger partial charge < -0.3 is 4.90 Å². The van der Waals surface area contributed by atoms with Crippen LogP contribution in [0.15, 0.2) is 83.8 Å². The third kappa shape index (κ3) is 3.95. The average Bonchev–Trinajstić information content (AvgIpc) is 3.13. The maximum absolute atomic E-state index is 13.7. The highest BCUT2D eigenvalue weighted by Crippen LogP contribution is 2.44. The van der Waals surface area contributed by atoms with E-state index in [1.54, 1.807) is 12.1 Å². The fourth-order valence-corrected chi connectivity index (χ4v) is 6.18. The number of piperazine rings is 1. The monoisotopic (exact) mass is 473 g/mol. The van der Waals surface area contributed by atoms with E-state index in [-0.39, 0.29) is 4.90 Å². The van der Waals surface area contributed by atoms with Crippen LogP contribution in [0, 0.1) is 0 Å². The van der Waals surface area contributed by atoms with Gasteiger partial charge in [-0.3, -0.25) is 4.90 Å². The molecule has 0 aromatic heterocycles. The molecule has 3 aromatic carbocycles. The Bertz CT molecular complexity index is 1250. The van der Waals surface area contributed by atoms with E-state index in [1.165, 1.54) is 4.31 Å². The molecule has 1 atom stereocenters. The summed E-state index contributed by atoms with van der Waals surface area (Å²) < 4.78 is 67.7. The SMILES string of the molecule is O=S(=O)(c1ccc(C(F)(F)F)cc1)N1c2ccccc2N2CCN(Cc3ccccc3)CC21. The standard InChI is InChI=1S/C24H22F3N3O2S/c25-24(26,27)19-10-12-20(13-11-19)33(31,32)30-22-9-5-4-8-21(22)29-15-14-28(17-23(29)30)16-18-6-2-1-3-7-18/h1-13,23H,14-17H2. The number of nitrogens with zero attached hydrogens (tertiary/aromatic N) is 3. The molecule has 33 heavy (non-hydrogen) atoms. The minimum Gasteiger partial charge on any atom is -0.346 e. The lowest BCUT2D eigenvalue weighted by Crippen LogP contribution is -2.58. The largest absolute Gasteiger partial charge is 0.416 e. The third-order valence-corrected chi connectivity index (χ3v) is 7.95. The van der Waals surface area contributed by atoms with Crippen molar-refractivity contribution in [3.8, 4) is 0 Å². The minimum absolute atomic E-state index is 0.160. The third-order valence-electron chi connectivity index (χ3n) is 6.13. The van der Waals surface area contributed by atoms with Crippen LogP contribution in [0.25, 0.3) is 0 Å². The first kappa shape index (κ1) is 21.8. The maximum Gasteiger partial charge on any atom is 0.416 e. The highest BCUT2D eigenvalue weighted by molar-refractivity contribution is 7.93. The number of hydrogen-bond donors (Lipinski definition) is 0. The Labute approximate surface area is 190 Å². The predicted molar refractivity (Wildman–Crippen MR) is 120 cm³/mol. The van der Waals surface area contributed by atoms with E-state index >= 15 is 0 Å². The van der Waals surface area contributed by atoms with Gasteiger partial charge in [0.15, 0.2) is 0 Å². The Kier molecular flexibility index (Phi) is 5.33. The second-order valence-corrected chi connectivity index (χ2v) is 10.0. The van der Waals surface area contributed by atoms with Crippen molar-refractivity contribution in [3.05, 3.63) is 90.0 Å². The van der Waals surface area contributed by atoms with Crippen LogP contribution >= 0.6 is 0 Å². The van der Waals surface area contributed by atoms with Gasteiger partial charge in [0, 0.05) is 26.2 Å². The Morgan fingerprint density at radius 1 is 0.818 bits per heavy atom. The molecule has 0 bridgehead atoms. The first-order chi connectivity index (χ1) is 15.7. The molecule has 0 spiro atoms. The highest BCUT2D eigenvalue weighted by atomic mass is 32.2. The van der Waals surface area contributed by atoms with E-state index in [0.717, 1.165) is 42.1 Å². The van der Waals surface area contributed by atoms with Gasteiger partial charge in [-0.1, -0.05) is 42.5 Å². The fraction of sp³-hybridized carbons (Fsp3) is 0.250. The van der Waals surface area contributed by atoms with Crippen molar-refractivity contribution >= 4 is 21.4 Å². The zero-order chi connectivity index (χ0) is 23.2. The van der Waals surface area contributed by atoms with Crippen LogP contribution in [-0.2, 0) is 22.7 Å². The zero-order valence-corrected chi connectivity index (χ0v) is 18.4. The maximum atomic E-state index is 13.7. The number of fused-ring (bicyclic) bond motifs is 3. The lowest BCUT2D eigenvalue weighted by atomic mass is 10.2. The molecule has 0 aliphatic carbocycles. The van der Waals surface area contributed by atoms with Gasteiger partial charge in [0.1, 0.15) is 6.17 Å². The number of anilines is 2. The van der Waals surface area contributed by atoms with Crippen molar-refractivity contribution in [1.29, 1.82) is 0 Å². The van der Waals surface area contributed by atoms with E-state index in [1.807, 2.05) is 42.5 Å². The minimum atomic E-state index is -4.53. The molecular weight excluding hydrogens is 451 g/mol. The van der Waals surface area contributed by atoms with Crippen LogP contribution < -0.4 is 9.21 Å². The molecule has 5 nitrogen and oxygen atoms in total. The van der Waals surface area contributed by atoms with E-state index < -0.39 is 27.9 Å². The van der Waals surface area contributed by atoms with Crippen molar-refractivity contribution in [2.24, 2.45) is 0 Å². The molecule has 9 heteroatoms. The Morgan fingerprint density at radius 2 is 1.45 bits per heavy atom. The second kappa shape index (κ2) is 8.07. The van der Waals surface area contributed by atoms with Gasteiger partial charge in [-0.15, -0.1) is 0 Å². The summed E-state index contributed by atoms with van der Waals surface area (Å²) in [5.74, 6) is 0. The van der Waals surface area contributed by atoms with Crippen molar-refractivity contribution in [2.45, 2.75) is 23.8 Å². The van der Waals surface area contributed by atoms with E-state index in [0.29, 0.717) is 25.3 Å². The first-order valence-corrected chi connectivity index (χ1v) is 12.0. The van der Waals surface area contributed by atoms with Crippen molar-refractivity contribution in [2.75, 3.05) is 28.8 Å². The van der Waals surface area contributed by atoms with Crippen molar-refractivity contribution in [1.82, 2.24) is 4.90 Å². The Morgan fingerprint density at radius 3 is 2.12 bits per heavy atom. The highest BCUT2D eigenvalue weighted by Gasteiger charge is 2.45. The molecule has 1 fully saturated rings. The fourth-order valence-electron chi connectivity index (χ4n) is 4.56. The quantitative estimate of drug-likeness (QED) is 0.557. The van der Waals surface area contributed by atoms with Gasteiger partial charge in [0.25, 0.3) is 10.0 Å². The number of alkyl halides is 3. The molecule has 1 unspecified atom stereocenters. The van der Waals surface area contributed by atoms with Crippen molar-refractivity contribution in [3.63, 3.8) is 0 Å². The smallest absolute Gasteiger partial charge is 0.346 e. The topological polar surface area (TPSA) is 43.9 Å². The van der Waals surface area contributed by atoms with Crippen LogP contribution in [0.4, 0.5) is 24.5 Å². The number of hydrogen-bond acceptors (Lipinski definition) is 4. The van der Waals surface area contributed by atoms with Crippen molar-refractivity contribution < 1.29 is 21.6 Å². The molecular formula is C24H22F3N3O2S. The van der Waals surface area contributed by atoms with Gasteiger partial charge in [-0.05, 0) is 42.0 Å². The van der Waals surface area contributed by atoms with Gasteiger partial charge in [0.05, 0.1) is 21.8 Å². The summed E-state index contributed by atoms with van der Waals surface area (Å²) >= 11 is 0. The van der Waals surface area contributed by atoms with E-state index in [2.05, 4.69) is 9.80 Å². The molecule has 2 aliphatic heterocycles. The van der Waals surface area contributed by atoms with Gasteiger partial charge >= 0.3 is 6.18 Å². The molecule has 2 aliphatic rings. The van der Waals surface area contributed by atoms with Crippen LogP contribution in [-0.4, -0.2) is 39.1 Å². The summed E-state index contributed by atoms with van der Waals surface area (Å²) in [5, 5.41) is 0. The number of halogens is 3. The summed E-state index contributed by atoms with van der Waals surface area (Å²) in [6.45, 7) is 2.58. The molecule has 5 rings (SSSR count). The van der Waals surface area contributed by atoms with E-state index in [9.17, 15) is 21.6 Å². The lowest BCUT2D eigenvalue weighted by Gasteiger charge is -2.41. The lowest BCUT2D eigenvalue weighted by molar-refractivity contribution is -0.137. The van der Waals surface area contributed by atoms with Gasteiger partial charge in [-0.2, -0.15) is 13.2 Å². The molecule has 0 radical (unpaired) electrons. The molecule has 0 saturated carbocycles. The molecule has 172 valence electrons. The normalized spacial score (nSPS) is 18.8. The molecule has 0 amide bonds. The van der Waals surface area contributed by atoms with Crippen LogP contribution in [0.1, 0.15) is 11.1 Å². The van der Waals surface area contributed by atoms with Gasteiger partial charge in [0.2, 0.25) is 0 Å². The van der Waals surface area contributed by atoms with Crippen LogP contribution in [0.3, 0.4) is 0 Å². The summed E-state index contributed by atoms with van der Waals surface area (Å²) in [6.07, 6.45) is -5.01. The number of para-hydroxylation sites is 2. The van der Waals surface area contributed by atoms with Crippen LogP contribution in [0.2, 0.25) is 0 Å². The second-order valence-electron chi connectivity index (χ2n) is 8.21. The zero-order valence-electron chi connectivity index (χ0n) is 17.6. The number of sulfonamides is 1.